The van der Waals surface area contributed by atoms with Crippen LogP contribution in [0, 0.1) is 17.7 Å². The number of halogens is 1. The summed E-state index contributed by atoms with van der Waals surface area (Å²) in [6.45, 7) is 0. The Kier molecular flexibility index (Phi) is 4.39. The van der Waals surface area contributed by atoms with Gasteiger partial charge in [0.2, 0.25) is 11.6 Å². The van der Waals surface area contributed by atoms with Gasteiger partial charge in [0.05, 0.1) is 11.7 Å². The van der Waals surface area contributed by atoms with Gasteiger partial charge in [-0.2, -0.15) is 4.37 Å². The van der Waals surface area contributed by atoms with Crippen LogP contribution in [-0.2, 0) is 11.2 Å². The molecule has 2 atom stereocenters. The third kappa shape index (κ3) is 3.12. The summed E-state index contributed by atoms with van der Waals surface area (Å²) in [5.41, 5.74) is 4.51. The van der Waals surface area contributed by atoms with Gasteiger partial charge in [-0.15, -0.1) is 0 Å². The van der Waals surface area contributed by atoms with Crippen molar-refractivity contribution < 1.29 is 14.0 Å². The van der Waals surface area contributed by atoms with Crippen LogP contribution in [0.15, 0.2) is 54.7 Å². The van der Waals surface area contributed by atoms with Gasteiger partial charge in [0, 0.05) is 34.2 Å². The molecular weight excluding hydrogens is 483 g/mol. The topological polar surface area (TPSA) is 59.9 Å². The van der Waals surface area contributed by atoms with Crippen molar-refractivity contribution in [2.24, 2.45) is 11.8 Å². The summed E-state index contributed by atoms with van der Waals surface area (Å²) in [7, 11) is 0. The van der Waals surface area contributed by atoms with Gasteiger partial charge in [-0.25, -0.2) is 9.37 Å². The number of hydrogen-bond donors (Lipinski definition) is 0. The van der Waals surface area contributed by atoms with Crippen molar-refractivity contribution in [3.8, 4) is 0 Å². The van der Waals surface area contributed by atoms with Gasteiger partial charge < -0.3 is 0 Å². The van der Waals surface area contributed by atoms with E-state index in [4.69, 9.17) is 4.98 Å². The summed E-state index contributed by atoms with van der Waals surface area (Å²) in [6, 6.07) is 13.5. The molecule has 0 spiro atoms. The maximum Gasteiger partial charge on any atom is 0.229 e. The van der Waals surface area contributed by atoms with Gasteiger partial charge in [-0.05, 0) is 88.3 Å². The van der Waals surface area contributed by atoms with Crippen molar-refractivity contribution >= 4 is 61.1 Å². The lowest BCUT2D eigenvalue weighted by Crippen LogP contribution is -2.27. The second-order valence-corrected chi connectivity index (χ2v) is 11.4. The van der Waals surface area contributed by atoms with Gasteiger partial charge in [-0.1, -0.05) is 36.4 Å². The first-order chi connectivity index (χ1) is 18.1. The Hall–Kier alpha value is -3.77. The largest absolute Gasteiger partial charge is 0.290 e. The lowest BCUT2D eigenvalue weighted by Gasteiger charge is -2.28. The molecule has 3 aliphatic rings. The molecule has 180 valence electrons. The zero-order valence-corrected chi connectivity index (χ0v) is 20.6. The molecule has 3 aromatic carbocycles. The maximum absolute atomic E-state index is 15.4. The lowest BCUT2D eigenvalue weighted by atomic mass is 9.74. The van der Waals surface area contributed by atoms with E-state index >= 15 is 4.39 Å². The predicted molar refractivity (Wildman–Crippen MR) is 144 cm³/mol. The summed E-state index contributed by atoms with van der Waals surface area (Å²) < 4.78 is 19.7. The van der Waals surface area contributed by atoms with Gasteiger partial charge in [0.1, 0.15) is 10.6 Å². The van der Waals surface area contributed by atoms with Crippen molar-refractivity contribution in [3.05, 3.63) is 88.4 Å². The monoisotopic (exact) mass is 504 g/mol. The molecule has 37 heavy (non-hydrogen) atoms. The molecule has 1 fully saturated rings. The molecule has 0 amide bonds. The predicted octanol–water partition coefficient (Wildman–Crippen LogP) is 7.02. The SMILES string of the molecule is O=C1CC(c2cccc3nc4sncc4cc23)c2ccc3c4c(c(F)cc3c2C1=O)C=CC(C1CC1)C4. The minimum Gasteiger partial charge on any atom is -0.290 e. The Bertz CT molecular complexity index is 1870. The number of ketones is 2. The summed E-state index contributed by atoms with van der Waals surface area (Å²) >= 11 is 1.35. The highest BCUT2D eigenvalue weighted by Gasteiger charge is 2.37. The van der Waals surface area contributed by atoms with E-state index in [-0.39, 0.29) is 18.2 Å². The Labute approximate surface area is 216 Å². The van der Waals surface area contributed by atoms with Crippen LogP contribution < -0.4 is 0 Å². The number of fused-ring (bicyclic) bond motifs is 7. The Morgan fingerprint density at radius 3 is 2.70 bits per heavy atom. The van der Waals surface area contributed by atoms with Crippen LogP contribution in [0.5, 0.6) is 0 Å². The Morgan fingerprint density at radius 2 is 1.84 bits per heavy atom. The fourth-order valence-corrected chi connectivity index (χ4v) is 7.10. The van der Waals surface area contributed by atoms with E-state index < -0.39 is 11.6 Å². The summed E-state index contributed by atoms with van der Waals surface area (Å²) in [5.74, 6) is -0.503. The van der Waals surface area contributed by atoms with E-state index in [0.717, 1.165) is 49.6 Å². The van der Waals surface area contributed by atoms with E-state index in [1.807, 2.05) is 36.4 Å². The van der Waals surface area contributed by atoms with E-state index in [1.165, 1.54) is 30.4 Å². The van der Waals surface area contributed by atoms with Crippen LogP contribution in [0.1, 0.15) is 57.8 Å². The smallest absolute Gasteiger partial charge is 0.229 e. The highest BCUT2D eigenvalue weighted by molar-refractivity contribution is 7.12. The van der Waals surface area contributed by atoms with Crippen LogP contribution in [0.4, 0.5) is 4.39 Å². The van der Waals surface area contributed by atoms with Crippen molar-refractivity contribution in [1.82, 2.24) is 9.36 Å². The number of carbonyl (C=O) groups is 2. The molecule has 4 nitrogen and oxygen atoms in total. The van der Waals surface area contributed by atoms with Crippen molar-refractivity contribution in [1.29, 1.82) is 0 Å². The number of nitrogens with zero attached hydrogens (tertiary/aromatic N) is 2. The summed E-state index contributed by atoms with van der Waals surface area (Å²) in [4.78, 5) is 32.1. The Balaban J connectivity index is 1.36. The first-order valence-corrected chi connectivity index (χ1v) is 13.5. The van der Waals surface area contributed by atoms with E-state index in [0.29, 0.717) is 28.3 Å². The number of benzene rings is 3. The molecular formula is C31H21FN2O2S. The van der Waals surface area contributed by atoms with Gasteiger partial charge >= 0.3 is 0 Å². The highest BCUT2D eigenvalue weighted by Crippen LogP contribution is 2.46. The average Bonchev–Trinajstić information content (AvgIpc) is 3.67. The van der Waals surface area contributed by atoms with E-state index in [2.05, 4.69) is 16.5 Å². The van der Waals surface area contributed by atoms with Crippen LogP contribution >= 0.6 is 11.5 Å². The molecule has 0 bridgehead atoms. The normalized spacial score (nSPS) is 21.1. The third-order valence-electron chi connectivity index (χ3n) is 8.47. The number of allylic oxidation sites excluding steroid dienone is 1. The molecule has 2 heterocycles. The minimum atomic E-state index is -0.510. The zero-order valence-electron chi connectivity index (χ0n) is 19.8. The Morgan fingerprint density at radius 1 is 0.946 bits per heavy atom. The van der Waals surface area contributed by atoms with Crippen molar-refractivity contribution in [3.63, 3.8) is 0 Å². The van der Waals surface area contributed by atoms with Crippen molar-refractivity contribution in [2.75, 3.05) is 0 Å². The van der Waals surface area contributed by atoms with Crippen LogP contribution in [-0.4, -0.2) is 20.9 Å². The number of Topliss-reactive ketones (excluding diaryl/α,β-unsaturated/α-hetero) is 2. The number of hydrogen-bond acceptors (Lipinski definition) is 5. The highest BCUT2D eigenvalue weighted by atomic mass is 32.1. The van der Waals surface area contributed by atoms with Crippen LogP contribution in [0.3, 0.4) is 0 Å². The first-order valence-electron chi connectivity index (χ1n) is 12.7. The standard InChI is InChI=1S/C31H21FN2O2S/c32-26-12-25-19(22-10-16(15-4-5-15)6-7-20(22)26)8-9-21-23(13-28(35)30(36)29(21)25)18-2-1-3-27-24(18)11-17-14-33-37-31(17)34-27/h1-3,6-9,11-12,14-16,23H,4-5,10,13H2. The molecule has 3 aliphatic carbocycles. The maximum atomic E-state index is 15.4. The fourth-order valence-electron chi connectivity index (χ4n) is 6.48. The lowest BCUT2D eigenvalue weighted by molar-refractivity contribution is -0.115. The van der Waals surface area contributed by atoms with Crippen LogP contribution in [0.25, 0.3) is 38.0 Å². The molecule has 0 saturated heterocycles. The van der Waals surface area contributed by atoms with Crippen LogP contribution in [0.2, 0.25) is 0 Å². The number of rotatable bonds is 2. The third-order valence-corrected chi connectivity index (χ3v) is 9.18. The molecule has 1 saturated carbocycles. The molecule has 0 radical (unpaired) electrons. The fraction of sp³-hybridized carbons (Fsp3) is 0.226. The van der Waals surface area contributed by atoms with E-state index in [1.54, 1.807) is 6.20 Å². The molecule has 0 N–H and O–H groups in total. The zero-order chi connectivity index (χ0) is 24.8. The molecule has 0 aliphatic heterocycles. The van der Waals surface area contributed by atoms with Gasteiger partial charge in [-0.3, -0.25) is 9.59 Å². The first kappa shape index (κ1) is 21.3. The summed E-state index contributed by atoms with van der Waals surface area (Å²) in [5, 5.41) is 3.35. The second kappa shape index (κ2) is 7.62. The molecule has 2 aromatic heterocycles. The van der Waals surface area contributed by atoms with Gasteiger partial charge in [0.15, 0.2) is 0 Å². The average molecular weight is 505 g/mol. The number of pyridine rings is 1. The van der Waals surface area contributed by atoms with E-state index in [9.17, 15) is 9.59 Å². The summed E-state index contributed by atoms with van der Waals surface area (Å²) in [6.07, 6.45) is 9.16. The molecule has 5 aromatic rings. The minimum absolute atomic E-state index is 0.0935. The quantitative estimate of drug-likeness (QED) is 0.242. The molecule has 8 rings (SSSR count). The van der Waals surface area contributed by atoms with Gasteiger partial charge in [0.25, 0.3) is 0 Å². The number of carbonyl (C=O) groups excluding carboxylic acids is 2. The molecule has 6 heteroatoms. The van der Waals surface area contributed by atoms with Crippen molar-refractivity contribution in [2.45, 2.75) is 31.6 Å². The second-order valence-electron chi connectivity index (χ2n) is 10.6. The number of aromatic nitrogens is 2. The molecule has 2 unspecified atom stereocenters.